The summed E-state index contributed by atoms with van der Waals surface area (Å²) in [5.74, 6) is 2.85. The van der Waals surface area contributed by atoms with Gasteiger partial charge in [-0.1, -0.05) is 13.8 Å². The van der Waals surface area contributed by atoms with Crippen molar-refractivity contribution < 1.29 is 0 Å². The van der Waals surface area contributed by atoms with Crippen LogP contribution in [0.15, 0.2) is 0 Å². The van der Waals surface area contributed by atoms with Crippen LogP contribution in [0.5, 0.6) is 0 Å². The Balaban J connectivity index is 1.60. The van der Waals surface area contributed by atoms with Gasteiger partial charge in [0.2, 0.25) is 0 Å². The molecule has 0 aromatic carbocycles. The van der Waals surface area contributed by atoms with Gasteiger partial charge < -0.3 is 5.32 Å². The average Bonchev–Trinajstić information content (AvgIpc) is 3.12. The number of hydrogen-bond acceptors (Lipinski definition) is 2. The monoisotopic (exact) mass is 222 g/mol. The Morgan fingerprint density at radius 3 is 2.50 bits per heavy atom. The molecule has 1 aliphatic heterocycles. The molecule has 0 spiro atoms. The third-order valence-electron chi connectivity index (χ3n) is 4.64. The molecule has 2 atom stereocenters. The first-order valence-corrected chi connectivity index (χ1v) is 7.21. The lowest BCUT2D eigenvalue weighted by Crippen LogP contribution is -2.59. The normalized spacial score (nSPS) is 36.9. The lowest BCUT2D eigenvalue weighted by atomic mass is 9.96. The first-order chi connectivity index (χ1) is 7.74. The number of piperazine rings is 1. The summed E-state index contributed by atoms with van der Waals surface area (Å²) in [5.41, 5.74) is 0. The molecule has 16 heavy (non-hydrogen) atoms. The van der Waals surface area contributed by atoms with Crippen LogP contribution < -0.4 is 5.32 Å². The second kappa shape index (κ2) is 4.30. The molecule has 0 aromatic rings. The quantitative estimate of drug-likeness (QED) is 0.783. The molecule has 3 rings (SSSR count). The van der Waals surface area contributed by atoms with Crippen LogP contribution in [0, 0.1) is 17.8 Å². The van der Waals surface area contributed by atoms with E-state index in [1.165, 1.54) is 45.3 Å². The van der Waals surface area contributed by atoms with Crippen molar-refractivity contribution in [2.24, 2.45) is 17.8 Å². The van der Waals surface area contributed by atoms with Gasteiger partial charge >= 0.3 is 0 Å². The molecule has 2 heteroatoms. The van der Waals surface area contributed by atoms with Gasteiger partial charge in [0.25, 0.3) is 0 Å². The SMILES string of the molecule is CC(C)C1CNC(C2CC2)CN1CC1CC1. The van der Waals surface area contributed by atoms with Crippen molar-refractivity contribution in [1.29, 1.82) is 0 Å². The molecule has 1 heterocycles. The highest BCUT2D eigenvalue weighted by atomic mass is 15.2. The Kier molecular flexibility index (Phi) is 2.97. The van der Waals surface area contributed by atoms with Gasteiger partial charge in [-0.15, -0.1) is 0 Å². The molecule has 0 amide bonds. The summed E-state index contributed by atoms with van der Waals surface area (Å²) in [5, 5.41) is 3.79. The van der Waals surface area contributed by atoms with Crippen LogP contribution in [0.1, 0.15) is 39.5 Å². The van der Waals surface area contributed by atoms with Gasteiger partial charge in [0, 0.05) is 31.7 Å². The molecule has 3 aliphatic rings. The minimum absolute atomic E-state index is 0.788. The Labute approximate surface area is 99.8 Å². The van der Waals surface area contributed by atoms with E-state index in [2.05, 4.69) is 24.1 Å². The van der Waals surface area contributed by atoms with Crippen molar-refractivity contribution >= 4 is 0 Å². The first kappa shape index (κ1) is 11.0. The van der Waals surface area contributed by atoms with Crippen LogP contribution in [-0.4, -0.2) is 36.6 Å². The lowest BCUT2D eigenvalue weighted by molar-refractivity contribution is 0.0876. The fourth-order valence-corrected chi connectivity index (χ4v) is 3.17. The fourth-order valence-electron chi connectivity index (χ4n) is 3.17. The Bertz CT molecular complexity index is 243. The zero-order chi connectivity index (χ0) is 11.1. The van der Waals surface area contributed by atoms with E-state index in [1.807, 2.05) is 0 Å². The highest BCUT2D eigenvalue weighted by molar-refractivity contribution is 4.96. The third kappa shape index (κ3) is 2.43. The van der Waals surface area contributed by atoms with Gasteiger partial charge in [-0.05, 0) is 43.4 Å². The third-order valence-corrected chi connectivity index (χ3v) is 4.64. The second-order valence-electron chi connectivity index (χ2n) is 6.56. The topological polar surface area (TPSA) is 15.3 Å². The highest BCUT2D eigenvalue weighted by Gasteiger charge is 2.39. The van der Waals surface area contributed by atoms with Gasteiger partial charge in [-0.2, -0.15) is 0 Å². The maximum absolute atomic E-state index is 3.79. The maximum atomic E-state index is 3.79. The van der Waals surface area contributed by atoms with Gasteiger partial charge in [0.15, 0.2) is 0 Å². The fraction of sp³-hybridized carbons (Fsp3) is 1.00. The largest absolute Gasteiger partial charge is 0.311 e. The molecule has 0 radical (unpaired) electrons. The van der Waals surface area contributed by atoms with Gasteiger partial charge in [-0.25, -0.2) is 0 Å². The smallest absolute Gasteiger partial charge is 0.0244 e. The van der Waals surface area contributed by atoms with E-state index < -0.39 is 0 Å². The van der Waals surface area contributed by atoms with Crippen LogP contribution in [-0.2, 0) is 0 Å². The van der Waals surface area contributed by atoms with Crippen molar-refractivity contribution in [3.05, 3.63) is 0 Å². The Morgan fingerprint density at radius 2 is 1.94 bits per heavy atom. The number of hydrogen-bond donors (Lipinski definition) is 1. The van der Waals surface area contributed by atoms with Crippen molar-refractivity contribution in [3.63, 3.8) is 0 Å². The van der Waals surface area contributed by atoms with E-state index in [-0.39, 0.29) is 0 Å². The Hall–Kier alpha value is -0.0800. The van der Waals surface area contributed by atoms with Crippen LogP contribution in [0.2, 0.25) is 0 Å². The first-order valence-electron chi connectivity index (χ1n) is 7.21. The van der Waals surface area contributed by atoms with Crippen LogP contribution in [0.25, 0.3) is 0 Å². The molecule has 0 aromatic heterocycles. The highest BCUT2D eigenvalue weighted by Crippen LogP contribution is 2.36. The van der Waals surface area contributed by atoms with E-state index in [4.69, 9.17) is 0 Å². The second-order valence-corrected chi connectivity index (χ2v) is 6.56. The van der Waals surface area contributed by atoms with Crippen molar-refractivity contribution in [1.82, 2.24) is 10.2 Å². The van der Waals surface area contributed by atoms with Crippen molar-refractivity contribution in [3.8, 4) is 0 Å². The summed E-state index contributed by atoms with van der Waals surface area (Å²) in [6.07, 6.45) is 5.92. The van der Waals surface area contributed by atoms with Gasteiger partial charge in [-0.3, -0.25) is 4.90 Å². The van der Waals surface area contributed by atoms with E-state index in [0.717, 1.165) is 29.8 Å². The van der Waals surface area contributed by atoms with Crippen LogP contribution in [0.4, 0.5) is 0 Å². The van der Waals surface area contributed by atoms with E-state index in [0.29, 0.717) is 0 Å². The zero-order valence-electron chi connectivity index (χ0n) is 10.8. The molecule has 2 unspecified atom stereocenters. The molecule has 2 nitrogen and oxygen atoms in total. The molecule has 0 bridgehead atoms. The zero-order valence-corrected chi connectivity index (χ0v) is 10.8. The van der Waals surface area contributed by atoms with Gasteiger partial charge in [0.05, 0.1) is 0 Å². The molecular formula is C14H26N2. The lowest BCUT2D eigenvalue weighted by Gasteiger charge is -2.42. The predicted octanol–water partition coefficient (Wildman–Crippen LogP) is 2.10. The maximum Gasteiger partial charge on any atom is 0.0244 e. The predicted molar refractivity (Wildman–Crippen MR) is 67.4 cm³/mol. The molecule has 1 saturated heterocycles. The van der Waals surface area contributed by atoms with E-state index >= 15 is 0 Å². The van der Waals surface area contributed by atoms with Crippen LogP contribution >= 0.6 is 0 Å². The summed E-state index contributed by atoms with van der Waals surface area (Å²) in [6.45, 7) is 8.69. The number of rotatable bonds is 4. The van der Waals surface area contributed by atoms with Crippen LogP contribution in [0.3, 0.4) is 0 Å². The van der Waals surface area contributed by atoms with Crippen molar-refractivity contribution in [2.45, 2.75) is 51.6 Å². The van der Waals surface area contributed by atoms with Gasteiger partial charge in [0.1, 0.15) is 0 Å². The summed E-state index contributed by atoms with van der Waals surface area (Å²) in [4.78, 5) is 2.81. The molecule has 1 N–H and O–H groups in total. The molecule has 92 valence electrons. The summed E-state index contributed by atoms with van der Waals surface area (Å²) in [6, 6.07) is 1.60. The Morgan fingerprint density at radius 1 is 1.19 bits per heavy atom. The average molecular weight is 222 g/mol. The van der Waals surface area contributed by atoms with E-state index in [9.17, 15) is 0 Å². The molecule has 2 saturated carbocycles. The molecule has 2 aliphatic carbocycles. The number of nitrogens with one attached hydrogen (secondary N) is 1. The minimum Gasteiger partial charge on any atom is -0.311 e. The molecular weight excluding hydrogens is 196 g/mol. The molecule has 3 fully saturated rings. The summed E-state index contributed by atoms with van der Waals surface area (Å²) < 4.78 is 0. The minimum atomic E-state index is 0.788. The van der Waals surface area contributed by atoms with E-state index in [1.54, 1.807) is 0 Å². The summed E-state index contributed by atoms with van der Waals surface area (Å²) >= 11 is 0. The van der Waals surface area contributed by atoms with Crippen molar-refractivity contribution in [2.75, 3.05) is 19.6 Å². The summed E-state index contributed by atoms with van der Waals surface area (Å²) in [7, 11) is 0. The standard InChI is InChI=1S/C14H26N2/c1-10(2)14-7-15-13(12-5-6-12)9-16(14)8-11-3-4-11/h10-15H,3-9H2,1-2H3. The number of nitrogens with zero attached hydrogens (tertiary/aromatic N) is 1.